The lowest BCUT2D eigenvalue weighted by Gasteiger charge is -2.35. The lowest BCUT2D eigenvalue weighted by atomic mass is 10.1. The van der Waals surface area contributed by atoms with Crippen LogP contribution in [0.4, 0.5) is 4.39 Å². The van der Waals surface area contributed by atoms with Gasteiger partial charge in [-0.05, 0) is 19.1 Å². The number of methoxy groups -OCH3 is 1. The fraction of sp³-hybridized carbons (Fsp3) is 0.467. The Morgan fingerprint density at radius 3 is 2.95 bits per heavy atom. The van der Waals surface area contributed by atoms with E-state index in [-0.39, 0.29) is 6.10 Å². The second-order valence-corrected chi connectivity index (χ2v) is 5.07. The third-order valence-electron chi connectivity index (χ3n) is 3.38. The summed E-state index contributed by atoms with van der Waals surface area (Å²) in [7, 11) is 1.32. The molecule has 21 heavy (non-hydrogen) atoms. The van der Waals surface area contributed by atoms with Crippen molar-refractivity contribution < 1.29 is 18.7 Å². The van der Waals surface area contributed by atoms with E-state index in [4.69, 9.17) is 10.00 Å². The topological polar surface area (TPSA) is 62.6 Å². The van der Waals surface area contributed by atoms with E-state index >= 15 is 0 Å². The fourth-order valence-electron chi connectivity index (χ4n) is 2.42. The molecule has 1 aliphatic heterocycles. The van der Waals surface area contributed by atoms with E-state index in [1.807, 2.05) is 17.9 Å². The molecule has 0 bridgehead atoms. The van der Waals surface area contributed by atoms with Crippen LogP contribution in [-0.4, -0.2) is 43.3 Å². The highest BCUT2D eigenvalue weighted by atomic mass is 19.1. The fourth-order valence-corrected chi connectivity index (χ4v) is 2.42. The molecule has 1 heterocycles. The highest BCUT2D eigenvalue weighted by Crippen LogP contribution is 2.18. The number of hydrogen-bond donors (Lipinski definition) is 0. The molecule has 5 nitrogen and oxygen atoms in total. The van der Waals surface area contributed by atoms with E-state index in [0.29, 0.717) is 30.8 Å². The van der Waals surface area contributed by atoms with Gasteiger partial charge in [-0.25, -0.2) is 9.18 Å². The van der Waals surface area contributed by atoms with Crippen LogP contribution in [0.2, 0.25) is 0 Å². The minimum Gasteiger partial charge on any atom is -0.467 e. The zero-order valence-electron chi connectivity index (χ0n) is 12.0. The van der Waals surface area contributed by atoms with Crippen LogP contribution in [0.25, 0.3) is 0 Å². The maximum atomic E-state index is 13.9. The SMILES string of the molecule is COC(=O)[C@@H]1CN(Cc2ccc(C#N)cc2F)C[C@@H](C)O1. The number of benzene rings is 1. The number of morpholine rings is 1. The average Bonchev–Trinajstić information content (AvgIpc) is 2.47. The molecule has 0 saturated carbocycles. The van der Waals surface area contributed by atoms with Gasteiger partial charge in [0.1, 0.15) is 5.82 Å². The number of ether oxygens (including phenoxy) is 2. The van der Waals surface area contributed by atoms with Crippen LogP contribution in [0.1, 0.15) is 18.1 Å². The molecule has 1 saturated heterocycles. The Morgan fingerprint density at radius 1 is 1.57 bits per heavy atom. The summed E-state index contributed by atoms with van der Waals surface area (Å²) >= 11 is 0. The molecule has 1 aromatic carbocycles. The second-order valence-electron chi connectivity index (χ2n) is 5.07. The Hall–Kier alpha value is -1.97. The van der Waals surface area contributed by atoms with Crippen LogP contribution in [0, 0.1) is 17.1 Å². The van der Waals surface area contributed by atoms with Crippen molar-refractivity contribution in [2.24, 2.45) is 0 Å². The van der Waals surface area contributed by atoms with Gasteiger partial charge >= 0.3 is 5.97 Å². The van der Waals surface area contributed by atoms with Crippen molar-refractivity contribution in [3.8, 4) is 6.07 Å². The number of halogens is 1. The Balaban J connectivity index is 2.08. The zero-order chi connectivity index (χ0) is 15.4. The van der Waals surface area contributed by atoms with E-state index < -0.39 is 17.9 Å². The van der Waals surface area contributed by atoms with Crippen LogP contribution in [0.3, 0.4) is 0 Å². The summed E-state index contributed by atoms with van der Waals surface area (Å²) in [5.74, 6) is -0.838. The van der Waals surface area contributed by atoms with E-state index in [1.165, 1.54) is 13.2 Å². The normalized spacial score (nSPS) is 22.6. The van der Waals surface area contributed by atoms with Crippen molar-refractivity contribution in [1.29, 1.82) is 5.26 Å². The van der Waals surface area contributed by atoms with E-state index in [0.717, 1.165) is 0 Å². The summed E-state index contributed by atoms with van der Waals surface area (Å²) in [5, 5.41) is 8.74. The highest BCUT2D eigenvalue weighted by molar-refractivity contribution is 5.75. The maximum absolute atomic E-state index is 13.9. The Labute approximate surface area is 122 Å². The molecule has 1 aliphatic rings. The minimum absolute atomic E-state index is 0.135. The lowest BCUT2D eigenvalue weighted by molar-refractivity contribution is -0.166. The van der Waals surface area contributed by atoms with Crippen molar-refractivity contribution >= 4 is 5.97 Å². The van der Waals surface area contributed by atoms with E-state index in [2.05, 4.69) is 4.74 Å². The second kappa shape index (κ2) is 6.66. The van der Waals surface area contributed by atoms with Gasteiger partial charge in [-0.2, -0.15) is 5.26 Å². The molecular formula is C15H17FN2O3. The molecule has 2 atom stereocenters. The number of rotatable bonds is 3. The molecule has 1 fully saturated rings. The number of esters is 1. The molecule has 0 amide bonds. The number of carbonyl (C=O) groups excluding carboxylic acids is 1. The Morgan fingerprint density at radius 2 is 2.33 bits per heavy atom. The monoisotopic (exact) mass is 292 g/mol. The minimum atomic E-state index is -0.653. The zero-order valence-corrected chi connectivity index (χ0v) is 12.0. The molecule has 0 aromatic heterocycles. The van der Waals surface area contributed by atoms with Crippen LogP contribution in [-0.2, 0) is 20.8 Å². The smallest absolute Gasteiger partial charge is 0.336 e. The molecule has 112 valence electrons. The van der Waals surface area contributed by atoms with E-state index in [1.54, 1.807) is 12.1 Å². The van der Waals surface area contributed by atoms with Gasteiger partial charge in [0.05, 0.1) is 24.8 Å². The van der Waals surface area contributed by atoms with Crippen LogP contribution in [0.15, 0.2) is 18.2 Å². The first kappa shape index (κ1) is 15.4. The van der Waals surface area contributed by atoms with Gasteiger partial charge in [0, 0.05) is 25.2 Å². The summed E-state index contributed by atoms with van der Waals surface area (Å²) in [6.07, 6.45) is -0.788. The largest absolute Gasteiger partial charge is 0.467 e. The maximum Gasteiger partial charge on any atom is 0.336 e. The van der Waals surface area contributed by atoms with Crippen molar-refractivity contribution in [2.75, 3.05) is 20.2 Å². The first-order chi connectivity index (χ1) is 10.0. The molecular weight excluding hydrogens is 275 g/mol. The lowest BCUT2D eigenvalue weighted by Crippen LogP contribution is -2.49. The number of hydrogen-bond acceptors (Lipinski definition) is 5. The molecule has 2 rings (SSSR count). The van der Waals surface area contributed by atoms with Crippen LogP contribution >= 0.6 is 0 Å². The Kier molecular flexibility index (Phi) is 4.89. The molecule has 1 aromatic rings. The summed E-state index contributed by atoms with van der Waals surface area (Å²) in [6.45, 7) is 3.18. The van der Waals surface area contributed by atoms with Crippen molar-refractivity contribution in [1.82, 2.24) is 4.90 Å². The predicted octanol–water partition coefficient (Wildman–Crippen LogP) is 1.46. The van der Waals surface area contributed by atoms with Crippen LogP contribution < -0.4 is 0 Å². The molecule has 0 radical (unpaired) electrons. The van der Waals surface area contributed by atoms with Gasteiger partial charge in [-0.15, -0.1) is 0 Å². The van der Waals surface area contributed by atoms with Gasteiger partial charge in [0.25, 0.3) is 0 Å². The van der Waals surface area contributed by atoms with Crippen LogP contribution in [0.5, 0.6) is 0 Å². The summed E-state index contributed by atoms with van der Waals surface area (Å²) in [5.41, 5.74) is 0.783. The number of nitriles is 1. The summed E-state index contributed by atoms with van der Waals surface area (Å²) in [6, 6.07) is 6.30. The first-order valence-electron chi connectivity index (χ1n) is 6.67. The quantitative estimate of drug-likeness (QED) is 0.789. The van der Waals surface area contributed by atoms with Gasteiger partial charge in [-0.3, -0.25) is 4.90 Å². The van der Waals surface area contributed by atoms with Gasteiger partial charge in [0.15, 0.2) is 6.10 Å². The number of carbonyl (C=O) groups is 1. The number of nitrogens with zero attached hydrogens (tertiary/aromatic N) is 2. The van der Waals surface area contributed by atoms with Gasteiger partial charge in [-0.1, -0.05) is 6.07 Å². The van der Waals surface area contributed by atoms with Crippen molar-refractivity contribution in [3.05, 3.63) is 35.1 Å². The van der Waals surface area contributed by atoms with Crippen molar-refractivity contribution in [3.63, 3.8) is 0 Å². The molecule has 0 spiro atoms. The first-order valence-corrected chi connectivity index (χ1v) is 6.67. The van der Waals surface area contributed by atoms with Gasteiger partial charge < -0.3 is 9.47 Å². The molecule has 0 unspecified atom stereocenters. The molecule has 0 N–H and O–H groups in total. The summed E-state index contributed by atoms with van der Waals surface area (Å²) in [4.78, 5) is 13.5. The van der Waals surface area contributed by atoms with E-state index in [9.17, 15) is 9.18 Å². The van der Waals surface area contributed by atoms with Gasteiger partial charge in [0.2, 0.25) is 0 Å². The Bertz CT molecular complexity index is 571. The molecule has 6 heteroatoms. The highest BCUT2D eigenvalue weighted by Gasteiger charge is 2.31. The molecule has 0 aliphatic carbocycles. The standard InChI is InChI=1S/C15H17FN2O3/c1-10-7-18(9-14(21-10)15(19)20-2)8-12-4-3-11(6-17)5-13(12)16/h3-5,10,14H,7-9H2,1-2H3/t10-,14+/m1/s1. The predicted molar refractivity (Wildman–Crippen MR) is 72.7 cm³/mol. The summed E-state index contributed by atoms with van der Waals surface area (Å²) < 4.78 is 24.1. The van der Waals surface area contributed by atoms with Crippen molar-refractivity contribution in [2.45, 2.75) is 25.7 Å². The third kappa shape index (κ3) is 3.78. The third-order valence-corrected chi connectivity index (χ3v) is 3.38. The average molecular weight is 292 g/mol.